The lowest BCUT2D eigenvalue weighted by Crippen LogP contribution is -2.09. The van der Waals surface area contributed by atoms with Gasteiger partial charge in [0.2, 0.25) is 5.95 Å². The Morgan fingerprint density at radius 1 is 1.36 bits per heavy atom. The van der Waals surface area contributed by atoms with E-state index < -0.39 is 0 Å². The van der Waals surface area contributed by atoms with Crippen molar-refractivity contribution in [3.8, 4) is 11.4 Å². The molecule has 33 heavy (non-hydrogen) atoms. The van der Waals surface area contributed by atoms with Crippen molar-refractivity contribution in [1.82, 2.24) is 24.3 Å². The van der Waals surface area contributed by atoms with Crippen LogP contribution in [0, 0.1) is 0 Å². The average Bonchev–Trinajstić information content (AvgIpc) is 3.37. The minimum absolute atomic E-state index is 0.222. The molecule has 0 amide bonds. The summed E-state index contributed by atoms with van der Waals surface area (Å²) in [4.78, 5) is 8.75. The van der Waals surface area contributed by atoms with Gasteiger partial charge in [0, 0.05) is 30.4 Å². The maximum atomic E-state index is 14.6. The fraction of sp³-hybridized carbons (Fsp3) is 0.292. The summed E-state index contributed by atoms with van der Waals surface area (Å²) < 4.78 is 23.8. The Balaban J connectivity index is 1.60. The van der Waals surface area contributed by atoms with Gasteiger partial charge in [-0.05, 0) is 43.5 Å². The number of nitrogens with one attached hydrogen (secondary N) is 1. The number of halogens is 2. The van der Waals surface area contributed by atoms with Crippen LogP contribution in [0.15, 0.2) is 66.9 Å². The molecule has 1 aliphatic heterocycles. The number of aromatic nitrogens is 5. The number of allylic oxidation sites excluding steroid dienone is 5. The van der Waals surface area contributed by atoms with Crippen molar-refractivity contribution in [2.24, 2.45) is 0 Å². The van der Waals surface area contributed by atoms with Crippen molar-refractivity contribution >= 4 is 23.2 Å². The van der Waals surface area contributed by atoms with Gasteiger partial charge >= 0.3 is 0 Å². The minimum atomic E-state index is -0.330. The number of aryl methyl sites for hydroxylation is 1. The van der Waals surface area contributed by atoms with Crippen LogP contribution in [-0.2, 0) is 6.54 Å². The van der Waals surface area contributed by atoms with E-state index in [9.17, 15) is 4.39 Å². The number of imidazole rings is 1. The van der Waals surface area contributed by atoms with Crippen LogP contribution in [0.2, 0.25) is 5.15 Å². The fourth-order valence-electron chi connectivity index (χ4n) is 3.88. The number of hydrogen-bond acceptors (Lipinski definition) is 5. The van der Waals surface area contributed by atoms with Gasteiger partial charge in [0.05, 0.1) is 12.8 Å². The van der Waals surface area contributed by atoms with Crippen molar-refractivity contribution < 1.29 is 9.13 Å². The predicted octanol–water partition coefficient (Wildman–Crippen LogP) is 6.12. The zero-order valence-corrected chi connectivity index (χ0v) is 19.4. The molecular weight excluding hydrogens is 443 g/mol. The molecule has 1 aromatic carbocycles. The van der Waals surface area contributed by atoms with Gasteiger partial charge in [0.15, 0.2) is 0 Å². The molecule has 0 saturated carbocycles. The van der Waals surface area contributed by atoms with E-state index in [1.165, 1.54) is 6.08 Å². The van der Waals surface area contributed by atoms with Crippen molar-refractivity contribution in [3.05, 3.63) is 77.9 Å². The first-order valence-corrected chi connectivity index (χ1v) is 11.1. The number of anilines is 2. The predicted molar refractivity (Wildman–Crippen MR) is 128 cm³/mol. The van der Waals surface area contributed by atoms with Gasteiger partial charge in [-0.25, -0.2) is 14.1 Å². The third-order valence-electron chi connectivity index (χ3n) is 5.55. The summed E-state index contributed by atoms with van der Waals surface area (Å²) in [5, 5.41) is 8.26. The topological polar surface area (TPSA) is 69.8 Å². The van der Waals surface area contributed by atoms with Crippen molar-refractivity contribution in [3.63, 3.8) is 0 Å². The van der Waals surface area contributed by atoms with Crippen molar-refractivity contribution in [2.45, 2.75) is 38.6 Å². The van der Waals surface area contributed by atoms with Crippen LogP contribution < -0.4 is 10.1 Å². The van der Waals surface area contributed by atoms with Gasteiger partial charge in [-0.15, -0.1) is 5.10 Å². The van der Waals surface area contributed by atoms with Crippen molar-refractivity contribution in [1.29, 1.82) is 0 Å². The molecule has 0 spiro atoms. The van der Waals surface area contributed by atoms with E-state index in [2.05, 4.69) is 22.0 Å². The highest BCUT2D eigenvalue weighted by atomic mass is 35.5. The molecule has 0 bridgehead atoms. The third-order valence-corrected chi connectivity index (χ3v) is 5.75. The minimum Gasteiger partial charge on any atom is -0.494 e. The van der Waals surface area contributed by atoms with E-state index in [4.69, 9.17) is 21.3 Å². The number of ether oxygens (including phenoxy) is 1. The van der Waals surface area contributed by atoms with Crippen LogP contribution in [0.3, 0.4) is 0 Å². The molecule has 172 valence electrons. The molecule has 0 aliphatic carbocycles. The summed E-state index contributed by atoms with van der Waals surface area (Å²) in [5.41, 5.74) is 1.99. The largest absolute Gasteiger partial charge is 0.494 e. The molecular formula is C24H26ClFN6O. The first-order chi connectivity index (χ1) is 16.0. The first kappa shape index (κ1) is 22.8. The molecule has 4 rings (SSSR count). The average molecular weight is 469 g/mol. The van der Waals surface area contributed by atoms with Gasteiger partial charge in [-0.3, -0.25) is 0 Å². The van der Waals surface area contributed by atoms with E-state index in [0.717, 1.165) is 43.0 Å². The maximum absolute atomic E-state index is 14.6. The van der Waals surface area contributed by atoms with Crippen LogP contribution in [0.5, 0.6) is 5.75 Å². The lowest BCUT2D eigenvalue weighted by Gasteiger charge is -2.15. The zero-order valence-electron chi connectivity index (χ0n) is 18.6. The zero-order chi connectivity index (χ0) is 23.4. The number of hydrogen-bond donors (Lipinski definition) is 1. The lowest BCUT2D eigenvalue weighted by molar-refractivity contribution is 0.413. The second-order valence-electron chi connectivity index (χ2n) is 7.75. The Kier molecular flexibility index (Phi) is 6.93. The van der Waals surface area contributed by atoms with Crippen molar-refractivity contribution in [2.75, 3.05) is 12.4 Å². The number of nitrogens with zero attached hydrogens (tertiary/aromatic N) is 5. The Morgan fingerprint density at radius 3 is 2.94 bits per heavy atom. The summed E-state index contributed by atoms with van der Waals surface area (Å²) in [6.45, 7) is 6.60. The Hall–Kier alpha value is -3.39. The van der Waals surface area contributed by atoms with E-state index in [1.807, 2.05) is 29.8 Å². The highest BCUT2D eigenvalue weighted by Gasteiger charge is 2.27. The molecule has 9 heteroatoms. The Bertz CT molecular complexity index is 1210. The summed E-state index contributed by atoms with van der Waals surface area (Å²) >= 11 is 5.94. The number of fused-ring (bicyclic) bond motifs is 1. The molecule has 3 aromatic rings. The molecule has 0 fully saturated rings. The Morgan fingerprint density at radius 2 is 2.21 bits per heavy atom. The molecule has 0 saturated heterocycles. The second kappa shape index (κ2) is 10.0. The SMILES string of the molecule is C=C(/C(F)=C\C=C/C)[C@@H]1CCCCn2nc(Nc3ccc(-n4cnc(Cl)c4)c(OC)c3)nc21. The molecule has 7 nitrogen and oxygen atoms in total. The lowest BCUT2D eigenvalue weighted by atomic mass is 9.93. The number of methoxy groups -OCH3 is 1. The molecule has 1 aliphatic rings. The quantitative estimate of drug-likeness (QED) is 0.423. The van der Waals surface area contributed by atoms with Crippen LogP contribution in [-0.4, -0.2) is 31.4 Å². The smallest absolute Gasteiger partial charge is 0.246 e. The molecule has 0 unspecified atom stereocenters. The molecule has 3 heterocycles. The molecule has 2 aromatic heterocycles. The number of rotatable bonds is 7. The standard InChI is InChI=1S/C24H26ClFN6O/c1-4-5-9-19(26)16(2)18-8-6-7-12-32-23(18)29-24(30-32)28-17-10-11-20(21(13-17)33-3)31-14-22(25)27-15-31/h4-5,9-11,13-15,18H,2,6-8,12H2,1,3H3,(H,28,30)/b5-4-,19-9+/t18-/m0/s1. The monoisotopic (exact) mass is 468 g/mol. The maximum Gasteiger partial charge on any atom is 0.246 e. The fourth-order valence-corrected chi connectivity index (χ4v) is 4.03. The van der Waals surface area contributed by atoms with E-state index in [-0.39, 0.29) is 11.7 Å². The van der Waals surface area contributed by atoms with Crippen LogP contribution in [0.25, 0.3) is 5.69 Å². The van der Waals surface area contributed by atoms with Crippen LogP contribution in [0.1, 0.15) is 37.9 Å². The summed E-state index contributed by atoms with van der Waals surface area (Å²) in [7, 11) is 1.60. The van der Waals surface area contributed by atoms with Gasteiger partial charge in [0.25, 0.3) is 0 Å². The van der Waals surface area contributed by atoms with Gasteiger partial charge < -0.3 is 14.6 Å². The first-order valence-electron chi connectivity index (χ1n) is 10.8. The van der Waals surface area contributed by atoms with Gasteiger partial charge in [0.1, 0.15) is 28.9 Å². The summed E-state index contributed by atoms with van der Waals surface area (Å²) in [6.07, 6.45) is 10.9. The highest BCUT2D eigenvalue weighted by molar-refractivity contribution is 6.29. The van der Waals surface area contributed by atoms with Gasteiger partial charge in [-0.1, -0.05) is 36.8 Å². The normalized spacial score (nSPS) is 16.5. The highest BCUT2D eigenvalue weighted by Crippen LogP contribution is 2.36. The third kappa shape index (κ3) is 5.01. The molecule has 0 radical (unpaired) electrons. The van der Waals surface area contributed by atoms with E-state index in [1.54, 1.807) is 36.4 Å². The summed E-state index contributed by atoms with van der Waals surface area (Å²) in [5.74, 6) is 1.25. The van der Waals surface area contributed by atoms with Crippen LogP contribution >= 0.6 is 11.6 Å². The van der Waals surface area contributed by atoms with E-state index in [0.29, 0.717) is 22.4 Å². The van der Waals surface area contributed by atoms with Crippen LogP contribution in [0.4, 0.5) is 16.0 Å². The van der Waals surface area contributed by atoms with E-state index >= 15 is 0 Å². The second-order valence-corrected chi connectivity index (χ2v) is 8.13. The molecule has 1 atom stereocenters. The van der Waals surface area contributed by atoms with Gasteiger partial charge in [-0.2, -0.15) is 4.98 Å². The number of benzene rings is 1. The Labute approximate surface area is 197 Å². The summed E-state index contributed by atoms with van der Waals surface area (Å²) in [6, 6.07) is 5.64. The molecule has 1 N–H and O–H groups in total.